The van der Waals surface area contributed by atoms with Crippen molar-refractivity contribution in [2.45, 2.75) is 12.3 Å². The minimum atomic E-state index is -3.41. The first-order valence-electron chi connectivity index (χ1n) is 19.1. The summed E-state index contributed by atoms with van der Waals surface area (Å²) < 4.78 is 0. The topological polar surface area (TPSA) is 47.6 Å². The summed E-state index contributed by atoms with van der Waals surface area (Å²) in [5.41, 5.74) is 3.36. The van der Waals surface area contributed by atoms with Crippen LogP contribution in [0.25, 0.3) is 0 Å². The van der Waals surface area contributed by atoms with E-state index in [9.17, 15) is 10.5 Å². The van der Waals surface area contributed by atoms with Gasteiger partial charge in [-0.1, -0.05) is 0 Å². The fourth-order valence-electron chi connectivity index (χ4n) is 8.04. The Kier molecular flexibility index (Phi) is 12.1. The average molecular weight is 828 g/mol. The van der Waals surface area contributed by atoms with Crippen molar-refractivity contribution >= 4 is 66.2 Å². The van der Waals surface area contributed by atoms with Crippen LogP contribution in [0.1, 0.15) is 22.3 Å². The molecule has 0 bridgehead atoms. The summed E-state index contributed by atoms with van der Waals surface area (Å²) in [5.74, 6) is -6.76. The summed E-state index contributed by atoms with van der Waals surface area (Å²) in [6.45, 7) is 0. The van der Waals surface area contributed by atoms with Gasteiger partial charge in [-0.25, -0.2) is 0 Å². The second kappa shape index (κ2) is 17.4. The molecule has 284 valence electrons. The van der Waals surface area contributed by atoms with Gasteiger partial charge in [0.25, 0.3) is 0 Å². The molecule has 0 radical (unpaired) electrons. The average Bonchev–Trinajstić information content (AvgIpc) is 3.31. The third kappa shape index (κ3) is 7.50. The maximum atomic E-state index is 9.73. The van der Waals surface area contributed by atoms with Crippen molar-refractivity contribution < 1.29 is 0 Å². The van der Waals surface area contributed by atoms with Crippen LogP contribution in [0, 0.1) is 22.7 Å². The maximum absolute atomic E-state index is 9.73. The predicted molar refractivity (Wildman–Crippen MR) is 252 cm³/mol. The summed E-state index contributed by atoms with van der Waals surface area (Å²) in [6.07, 6.45) is 1.22. The zero-order valence-corrected chi connectivity index (χ0v) is 35.2. The number of nitrogens with zero attached hydrogens (tertiary/aromatic N) is 2. The van der Waals surface area contributed by atoms with Crippen LogP contribution in [0.4, 0.5) is 0 Å². The summed E-state index contributed by atoms with van der Waals surface area (Å²) in [5, 5.41) is 25.8. The Bertz CT molecular complexity index is 2480. The molecule has 0 atom stereocenters. The summed E-state index contributed by atoms with van der Waals surface area (Å²) in [4.78, 5) is 0. The molecule has 0 aliphatic rings. The standard InChI is InChI=1S/2C26H21ClNP/c27-29(24-14-4-1-5-15-24,25-16-6-2-7-17-25,26-18-8-3-9-19-26)21-23-13-11-10-12-22(23)20-28;27-29(24-13-4-1-5-14-24,25-15-6-2-7-16-25,26-17-8-3-9-18-26)21-23-12-10-11-22(19-23)20-28/h2*1-19H,21H2. The van der Waals surface area contributed by atoms with Gasteiger partial charge in [0.15, 0.2) is 0 Å². The molecule has 0 aliphatic carbocycles. The van der Waals surface area contributed by atoms with Gasteiger partial charge in [0, 0.05) is 0 Å². The molecule has 8 aromatic carbocycles. The zero-order chi connectivity index (χ0) is 40.4. The molecule has 6 heteroatoms. The number of hydrogen-bond donors (Lipinski definition) is 0. The predicted octanol–water partition coefficient (Wildman–Crippen LogP) is 11.5. The van der Waals surface area contributed by atoms with E-state index in [2.05, 4.69) is 127 Å². The minimum absolute atomic E-state index is 0.578. The van der Waals surface area contributed by atoms with Crippen LogP contribution >= 0.6 is 34.4 Å². The molecular weight excluding hydrogens is 785 g/mol. The third-order valence-corrected chi connectivity index (χ3v) is 25.3. The molecule has 2 nitrogen and oxygen atoms in total. The summed E-state index contributed by atoms with van der Waals surface area (Å²) in [6, 6.07) is 82.4. The quantitative estimate of drug-likeness (QED) is 0.129. The van der Waals surface area contributed by atoms with Crippen molar-refractivity contribution in [2.75, 3.05) is 0 Å². The van der Waals surface area contributed by atoms with E-state index in [4.69, 9.17) is 22.5 Å². The third-order valence-electron chi connectivity index (χ3n) is 10.9. The Labute approximate surface area is 352 Å². The molecule has 0 amide bonds. The Morgan fingerprint density at radius 3 is 1.02 bits per heavy atom. The zero-order valence-electron chi connectivity index (χ0n) is 31.9. The van der Waals surface area contributed by atoms with Crippen molar-refractivity contribution in [3.8, 4) is 12.1 Å². The van der Waals surface area contributed by atoms with Gasteiger partial charge in [-0.3, -0.25) is 0 Å². The van der Waals surface area contributed by atoms with Gasteiger partial charge >= 0.3 is 354 Å². The second-order valence-electron chi connectivity index (χ2n) is 14.3. The van der Waals surface area contributed by atoms with Crippen molar-refractivity contribution in [3.05, 3.63) is 253 Å². The first kappa shape index (κ1) is 40.4. The normalized spacial score (nSPS) is 12.5. The van der Waals surface area contributed by atoms with Gasteiger partial charge < -0.3 is 0 Å². The van der Waals surface area contributed by atoms with E-state index < -0.39 is 11.9 Å². The SMILES string of the molecule is N#Cc1cccc(CP(Cl)(c2ccccc2)(c2ccccc2)c2ccccc2)c1.N#Cc1ccccc1CP(Cl)(c1ccccc1)(c1ccccc1)c1ccccc1. The molecule has 8 rings (SSSR count). The summed E-state index contributed by atoms with van der Waals surface area (Å²) >= 11 is 16.1. The van der Waals surface area contributed by atoms with Crippen LogP contribution in [0.2, 0.25) is 0 Å². The fraction of sp³-hybridized carbons (Fsp3) is 0.0385. The van der Waals surface area contributed by atoms with E-state index in [1.165, 1.54) is 0 Å². The van der Waals surface area contributed by atoms with Crippen LogP contribution in [-0.2, 0) is 12.3 Å². The monoisotopic (exact) mass is 826 g/mol. The molecule has 0 aromatic heterocycles. The van der Waals surface area contributed by atoms with Gasteiger partial charge in [-0.15, -0.1) is 0 Å². The molecule has 0 aliphatic heterocycles. The molecule has 8 aromatic rings. The summed E-state index contributed by atoms with van der Waals surface area (Å²) in [7, 11) is 0. The molecule has 0 saturated heterocycles. The van der Waals surface area contributed by atoms with Crippen LogP contribution in [0.3, 0.4) is 0 Å². The van der Waals surface area contributed by atoms with E-state index in [1.807, 2.05) is 115 Å². The number of rotatable bonds is 10. The Morgan fingerprint density at radius 2 is 0.672 bits per heavy atom. The molecular formula is C52H42Cl2N2P2. The number of benzene rings is 8. The van der Waals surface area contributed by atoms with Crippen molar-refractivity contribution in [2.24, 2.45) is 0 Å². The molecule has 0 unspecified atom stereocenters. The van der Waals surface area contributed by atoms with E-state index in [0.717, 1.165) is 43.0 Å². The Morgan fingerprint density at radius 1 is 0.345 bits per heavy atom. The number of hydrogen-bond acceptors (Lipinski definition) is 2. The molecule has 0 spiro atoms. The van der Waals surface area contributed by atoms with Crippen LogP contribution < -0.4 is 31.8 Å². The van der Waals surface area contributed by atoms with Crippen molar-refractivity contribution in [3.63, 3.8) is 0 Å². The van der Waals surface area contributed by atoms with Gasteiger partial charge in [-0.05, 0) is 0 Å². The van der Waals surface area contributed by atoms with Crippen molar-refractivity contribution in [1.29, 1.82) is 10.5 Å². The Hall–Kier alpha value is -5.82. The fourth-order valence-corrected chi connectivity index (χ4v) is 20.3. The van der Waals surface area contributed by atoms with E-state index >= 15 is 0 Å². The molecule has 0 saturated carbocycles. The van der Waals surface area contributed by atoms with Gasteiger partial charge in [-0.2, -0.15) is 0 Å². The van der Waals surface area contributed by atoms with Gasteiger partial charge in [0.1, 0.15) is 0 Å². The first-order valence-corrected chi connectivity index (χ1v) is 25.7. The van der Waals surface area contributed by atoms with E-state index in [1.54, 1.807) is 0 Å². The molecule has 58 heavy (non-hydrogen) atoms. The van der Waals surface area contributed by atoms with Crippen LogP contribution in [0.5, 0.6) is 0 Å². The Balaban J connectivity index is 0.000000177. The van der Waals surface area contributed by atoms with Crippen LogP contribution in [0.15, 0.2) is 231 Å². The van der Waals surface area contributed by atoms with Crippen LogP contribution in [-0.4, -0.2) is 0 Å². The van der Waals surface area contributed by atoms with Crippen molar-refractivity contribution in [1.82, 2.24) is 0 Å². The van der Waals surface area contributed by atoms with E-state index in [0.29, 0.717) is 23.5 Å². The van der Waals surface area contributed by atoms with Gasteiger partial charge in [0.2, 0.25) is 0 Å². The number of halogens is 2. The molecule has 0 heterocycles. The van der Waals surface area contributed by atoms with E-state index in [-0.39, 0.29) is 0 Å². The van der Waals surface area contributed by atoms with Gasteiger partial charge in [0.05, 0.1) is 0 Å². The molecule has 0 N–H and O–H groups in total. The number of nitriles is 2. The second-order valence-corrected chi connectivity index (χ2v) is 27.2. The molecule has 0 fully saturated rings. The first-order chi connectivity index (χ1) is 28.3.